The van der Waals surface area contributed by atoms with Gasteiger partial charge in [0.05, 0.1) is 6.04 Å². The Morgan fingerprint density at radius 3 is 1.38 bits per heavy atom. The maximum absolute atomic E-state index is 13.0. The first-order valence-corrected chi connectivity index (χ1v) is 11.5. The molecule has 0 saturated heterocycles. The standard InChI is InChI=1S/C23H44N4O5/c1-12(2)9-16(24)20(28)25-17(10-13(3)4)21(29)26-18(11-14(5)6)22(30)27-19(15(7)8)23(31)32/h12-19H,9-11,24H2,1-8H3,(H,25,28)(H,26,29)(H,27,30)(H,31,32). The smallest absolute Gasteiger partial charge is 0.326 e. The van der Waals surface area contributed by atoms with E-state index < -0.39 is 47.9 Å². The molecule has 6 N–H and O–H groups in total. The van der Waals surface area contributed by atoms with Gasteiger partial charge in [-0.1, -0.05) is 55.4 Å². The number of aliphatic carboxylic acids is 1. The number of carbonyl (C=O) groups is 4. The molecule has 32 heavy (non-hydrogen) atoms. The molecule has 0 aliphatic rings. The Kier molecular flexibility index (Phi) is 13.1. The fraction of sp³-hybridized carbons (Fsp3) is 0.826. The summed E-state index contributed by atoms with van der Waals surface area (Å²) in [5.41, 5.74) is 5.96. The molecule has 0 aromatic carbocycles. The van der Waals surface area contributed by atoms with E-state index in [1.165, 1.54) is 0 Å². The highest BCUT2D eigenvalue weighted by molar-refractivity contribution is 5.94. The summed E-state index contributed by atoms with van der Waals surface area (Å²) >= 11 is 0. The number of amides is 3. The number of nitrogens with one attached hydrogen (secondary N) is 3. The quantitative estimate of drug-likeness (QED) is 0.268. The lowest BCUT2D eigenvalue weighted by molar-refractivity contribution is -0.143. The van der Waals surface area contributed by atoms with Crippen LogP contribution >= 0.6 is 0 Å². The van der Waals surface area contributed by atoms with Crippen LogP contribution in [-0.4, -0.2) is 53.0 Å². The van der Waals surface area contributed by atoms with Crippen LogP contribution in [0.5, 0.6) is 0 Å². The van der Waals surface area contributed by atoms with E-state index in [0.717, 1.165) is 0 Å². The lowest BCUT2D eigenvalue weighted by atomic mass is 9.98. The molecule has 9 heteroatoms. The van der Waals surface area contributed by atoms with Gasteiger partial charge < -0.3 is 26.8 Å². The number of hydrogen-bond acceptors (Lipinski definition) is 5. The van der Waals surface area contributed by atoms with E-state index in [9.17, 15) is 24.3 Å². The van der Waals surface area contributed by atoms with Crippen molar-refractivity contribution < 1.29 is 24.3 Å². The van der Waals surface area contributed by atoms with E-state index in [2.05, 4.69) is 16.0 Å². The number of rotatable bonds is 14. The highest BCUT2D eigenvalue weighted by atomic mass is 16.4. The van der Waals surface area contributed by atoms with E-state index in [1.54, 1.807) is 13.8 Å². The second kappa shape index (κ2) is 14.1. The molecular weight excluding hydrogens is 412 g/mol. The highest BCUT2D eigenvalue weighted by Gasteiger charge is 2.32. The average molecular weight is 457 g/mol. The van der Waals surface area contributed by atoms with Crippen LogP contribution in [0.15, 0.2) is 0 Å². The lowest BCUT2D eigenvalue weighted by Crippen LogP contribution is -2.58. The number of carboxylic acid groups (broad SMARTS) is 1. The van der Waals surface area contributed by atoms with E-state index in [0.29, 0.717) is 19.3 Å². The molecule has 0 radical (unpaired) electrons. The molecule has 0 aromatic rings. The maximum Gasteiger partial charge on any atom is 0.326 e. The molecule has 0 aliphatic carbocycles. The van der Waals surface area contributed by atoms with Gasteiger partial charge in [-0.15, -0.1) is 0 Å². The molecule has 0 rings (SSSR count). The van der Waals surface area contributed by atoms with Crippen molar-refractivity contribution in [3.05, 3.63) is 0 Å². The fourth-order valence-electron chi connectivity index (χ4n) is 3.34. The van der Waals surface area contributed by atoms with Crippen LogP contribution in [0.1, 0.15) is 74.7 Å². The van der Waals surface area contributed by atoms with Gasteiger partial charge in [-0.2, -0.15) is 0 Å². The summed E-state index contributed by atoms with van der Waals surface area (Å²) in [6.45, 7) is 15.0. The zero-order chi connectivity index (χ0) is 25.2. The molecule has 3 amide bonds. The second-order valence-corrected chi connectivity index (χ2v) is 10.2. The van der Waals surface area contributed by atoms with Gasteiger partial charge in [-0.25, -0.2) is 4.79 Å². The van der Waals surface area contributed by atoms with Gasteiger partial charge in [0, 0.05) is 0 Å². The first-order valence-electron chi connectivity index (χ1n) is 11.5. The third-order valence-electron chi connectivity index (χ3n) is 4.97. The maximum atomic E-state index is 13.0. The van der Waals surface area contributed by atoms with Crippen molar-refractivity contribution in [1.82, 2.24) is 16.0 Å². The van der Waals surface area contributed by atoms with Crippen molar-refractivity contribution in [2.45, 2.75) is 98.8 Å². The Bertz CT molecular complexity index is 634. The number of carbonyl (C=O) groups excluding carboxylic acids is 3. The van der Waals surface area contributed by atoms with Crippen LogP contribution in [0.4, 0.5) is 0 Å². The van der Waals surface area contributed by atoms with Crippen molar-refractivity contribution in [2.75, 3.05) is 0 Å². The third-order valence-corrected chi connectivity index (χ3v) is 4.97. The fourth-order valence-corrected chi connectivity index (χ4v) is 3.34. The van der Waals surface area contributed by atoms with Crippen LogP contribution in [0.2, 0.25) is 0 Å². The lowest BCUT2D eigenvalue weighted by Gasteiger charge is -2.27. The average Bonchev–Trinajstić information content (AvgIpc) is 2.62. The van der Waals surface area contributed by atoms with E-state index in [-0.39, 0.29) is 23.7 Å². The Labute approximate surface area is 192 Å². The van der Waals surface area contributed by atoms with Crippen molar-refractivity contribution in [3.63, 3.8) is 0 Å². The zero-order valence-electron chi connectivity index (χ0n) is 20.9. The molecule has 0 heterocycles. The van der Waals surface area contributed by atoms with Crippen molar-refractivity contribution in [1.29, 1.82) is 0 Å². The van der Waals surface area contributed by atoms with Gasteiger partial charge in [0.25, 0.3) is 0 Å². The summed E-state index contributed by atoms with van der Waals surface area (Å²) in [7, 11) is 0. The molecule has 4 atom stereocenters. The summed E-state index contributed by atoms with van der Waals surface area (Å²) in [4.78, 5) is 49.9. The Morgan fingerprint density at radius 1 is 0.656 bits per heavy atom. The van der Waals surface area contributed by atoms with Crippen LogP contribution in [0.3, 0.4) is 0 Å². The minimum absolute atomic E-state index is 0.0750. The first kappa shape index (κ1) is 29.8. The topological polar surface area (TPSA) is 151 Å². The van der Waals surface area contributed by atoms with Gasteiger partial charge in [0.15, 0.2) is 0 Å². The van der Waals surface area contributed by atoms with Crippen molar-refractivity contribution >= 4 is 23.7 Å². The zero-order valence-corrected chi connectivity index (χ0v) is 20.9. The van der Waals surface area contributed by atoms with Crippen molar-refractivity contribution in [2.24, 2.45) is 29.4 Å². The van der Waals surface area contributed by atoms with Crippen LogP contribution < -0.4 is 21.7 Å². The number of nitrogens with two attached hydrogens (primary N) is 1. The largest absolute Gasteiger partial charge is 0.480 e. The monoisotopic (exact) mass is 456 g/mol. The SMILES string of the molecule is CC(C)CC(N)C(=O)NC(CC(C)C)C(=O)NC(CC(C)C)C(=O)NC(C(=O)O)C(C)C. The molecule has 0 saturated carbocycles. The van der Waals surface area contributed by atoms with Gasteiger partial charge in [-0.3, -0.25) is 14.4 Å². The number of hydrogen-bond donors (Lipinski definition) is 5. The van der Waals surface area contributed by atoms with Crippen LogP contribution in [0.25, 0.3) is 0 Å². The van der Waals surface area contributed by atoms with Gasteiger partial charge >= 0.3 is 5.97 Å². The predicted octanol–water partition coefficient (Wildman–Crippen LogP) is 1.65. The Hall–Kier alpha value is -2.16. The molecule has 0 spiro atoms. The molecule has 0 aromatic heterocycles. The Balaban J connectivity index is 5.49. The minimum Gasteiger partial charge on any atom is -0.480 e. The van der Waals surface area contributed by atoms with Crippen LogP contribution in [0, 0.1) is 23.7 Å². The first-order chi connectivity index (χ1) is 14.6. The Morgan fingerprint density at radius 2 is 1.03 bits per heavy atom. The summed E-state index contributed by atoms with van der Waals surface area (Å²) in [6.07, 6.45) is 1.20. The molecule has 9 nitrogen and oxygen atoms in total. The van der Waals surface area contributed by atoms with E-state index in [4.69, 9.17) is 5.73 Å². The summed E-state index contributed by atoms with van der Waals surface area (Å²) < 4.78 is 0. The predicted molar refractivity (Wildman–Crippen MR) is 125 cm³/mol. The van der Waals surface area contributed by atoms with Crippen LogP contribution in [-0.2, 0) is 19.2 Å². The number of carboxylic acids is 1. The van der Waals surface area contributed by atoms with Gasteiger partial charge in [0.1, 0.15) is 18.1 Å². The normalized spacial score (nSPS) is 15.4. The third kappa shape index (κ3) is 11.5. The molecule has 0 aliphatic heterocycles. The summed E-state index contributed by atoms with van der Waals surface area (Å²) in [5.74, 6) is -2.48. The van der Waals surface area contributed by atoms with Gasteiger partial charge in [0.2, 0.25) is 17.7 Å². The van der Waals surface area contributed by atoms with E-state index >= 15 is 0 Å². The molecule has 4 unspecified atom stereocenters. The molecule has 0 bridgehead atoms. The van der Waals surface area contributed by atoms with Crippen molar-refractivity contribution in [3.8, 4) is 0 Å². The van der Waals surface area contributed by atoms with E-state index in [1.807, 2.05) is 41.5 Å². The second-order valence-electron chi connectivity index (χ2n) is 10.2. The highest BCUT2D eigenvalue weighted by Crippen LogP contribution is 2.11. The summed E-state index contributed by atoms with van der Waals surface area (Å²) in [5, 5.41) is 17.4. The van der Waals surface area contributed by atoms with Gasteiger partial charge in [-0.05, 0) is 42.9 Å². The molecular formula is C23H44N4O5. The summed E-state index contributed by atoms with van der Waals surface area (Å²) in [6, 6.07) is -3.55. The minimum atomic E-state index is -1.13. The molecule has 186 valence electrons. The molecule has 0 fully saturated rings.